The fraction of sp³-hybridized carbons (Fsp3) is 0.211. The SMILES string of the molecule is Cc1nn([C@@H](C)C(=O)NCc2cccc(F)c2)c(=O)c2cc3occc3n12. The molecular weight excluding hydrogens is 351 g/mol. The lowest BCUT2D eigenvalue weighted by Gasteiger charge is -2.15. The van der Waals surface area contributed by atoms with E-state index in [-0.39, 0.29) is 23.8 Å². The normalized spacial score (nSPS) is 12.6. The Morgan fingerprint density at radius 2 is 2.11 bits per heavy atom. The maximum absolute atomic E-state index is 13.2. The summed E-state index contributed by atoms with van der Waals surface area (Å²) >= 11 is 0. The molecule has 4 aromatic rings. The van der Waals surface area contributed by atoms with Crippen LogP contribution < -0.4 is 10.9 Å². The lowest BCUT2D eigenvalue weighted by Crippen LogP contribution is -2.38. The van der Waals surface area contributed by atoms with Crippen molar-refractivity contribution in [1.29, 1.82) is 0 Å². The molecule has 1 atom stereocenters. The first-order valence-corrected chi connectivity index (χ1v) is 8.46. The van der Waals surface area contributed by atoms with Gasteiger partial charge in [-0.2, -0.15) is 5.10 Å². The van der Waals surface area contributed by atoms with Crippen molar-refractivity contribution in [1.82, 2.24) is 19.5 Å². The maximum Gasteiger partial charge on any atom is 0.291 e. The fourth-order valence-corrected chi connectivity index (χ4v) is 3.15. The summed E-state index contributed by atoms with van der Waals surface area (Å²) in [5.74, 6) is -0.190. The van der Waals surface area contributed by atoms with Crippen molar-refractivity contribution < 1.29 is 13.6 Å². The van der Waals surface area contributed by atoms with Crippen LogP contribution in [0.5, 0.6) is 0 Å². The lowest BCUT2D eigenvalue weighted by molar-refractivity contribution is -0.124. The molecule has 0 saturated heterocycles. The summed E-state index contributed by atoms with van der Waals surface area (Å²) in [5.41, 5.74) is 1.97. The number of aryl methyl sites for hydroxylation is 1. The van der Waals surface area contributed by atoms with Crippen LogP contribution in [0.3, 0.4) is 0 Å². The summed E-state index contributed by atoms with van der Waals surface area (Å²) in [6.07, 6.45) is 1.55. The van der Waals surface area contributed by atoms with E-state index in [1.54, 1.807) is 48.8 Å². The van der Waals surface area contributed by atoms with E-state index in [1.807, 2.05) is 0 Å². The molecule has 1 N–H and O–H groups in total. The molecule has 0 spiro atoms. The number of rotatable bonds is 4. The van der Waals surface area contributed by atoms with Crippen molar-refractivity contribution in [3.05, 3.63) is 70.2 Å². The first-order valence-electron chi connectivity index (χ1n) is 8.46. The molecule has 0 saturated carbocycles. The maximum atomic E-state index is 13.2. The highest BCUT2D eigenvalue weighted by Crippen LogP contribution is 2.20. The number of nitrogens with zero attached hydrogens (tertiary/aromatic N) is 3. The molecule has 1 aromatic carbocycles. The number of benzene rings is 1. The lowest BCUT2D eigenvalue weighted by atomic mass is 10.2. The van der Waals surface area contributed by atoms with E-state index in [4.69, 9.17) is 4.42 Å². The highest BCUT2D eigenvalue weighted by Gasteiger charge is 2.21. The van der Waals surface area contributed by atoms with E-state index in [1.165, 1.54) is 12.1 Å². The van der Waals surface area contributed by atoms with Gasteiger partial charge in [0.2, 0.25) is 5.91 Å². The zero-order chi connectivity index (χ0) is 19.1. The first-order chi connectivity index (χ1) is 13.0. The number of hydrogen-bond donors (Lipinski definition) is 1. The molecule has 0 aliphatic rings. The minimum absolute atomic E-state index is 0.162. The number of carbonyl (C=O) groups excluding carboxylic acids is 1. The van der Waals surface area contributed by atoms with Gasteiger partial charge < -0.3 is 9.73 Å². The van der Waals surface area contributed by atoms with Gasteiger partial charge in [-0.15, -0.1) is 0 Å². The standard InChI is InChI=1S/C19H17FN4O3/c1-11(18(25)21-10-13-4-3-5-14(20)8-13)24-19(26)16-9-17-15(6-7-27-17)23(16)12(2)22-24/h3-9,11H,10H2,1-2H3,(H,21,25)/t11-/m0/s1. The number of aromatic nitrogens is 3. The number of furan rings is 1. The molecule has 0 bridgehead atoms. The number of amides is 1. The molecule has 7 nitrogen and oxygen atoms in total. The number of carbonyl (C=O) groups is 1. The largest absolute Gasteiger partial charge is 0.463 e. The Bertz CT molecular complexity index is 1220. The fourth-order valence-electron chi connectivity index (χ4n) is 3.15. The molecule has 8 heteroatoms. The molecular formula is C19H17FN4O3. The van der Waals surface area contributed by atoms with Crippen molar-refractivity contribution in [2.45, 2.75) is 26.4 Å². The number of halogens is 1. The van der Waals surface area contributed by atoms with Gasteiger partial charge in [0.15, 0.2) is 5.58 Å². The van der Waals surface area contributed by atoms with Crippen molar-refractivity contribution in [3.8, 4) is 0 Å². The molecule has 27 heavy (non-hydrogen) atoms. The summed E-state index contributed by atoms with van der Waals surface area (Å²) in [6, 6.07) is 8.55. The van der Waals surface area contributed by atoms with E-state index in [2.05, 4.69) is 10.4 Å². The molecule has 3 aromatic heterocycles. The van der Waals surface area contributed by atoms with Gasteiger partial charge in [0.1, 0.15) is 23.2 Å². The molecule has 3 heterocycles. The van der Waals surface area contributed by atoms with Gasteiger partial charge in [-0.1, -0.05) is 12.1 Å². The Balaban J connectivity index is 1.63. The number of hydrogen-bond acceptors (Lipinski definition) is 4. The van der Waals surface area contributed by atoms with Gasteiger partial charge in [0, 0.05) is 18.7 Å². The Morgan fingerprint density at radius 1 is 1.30 bits per heavy atom. The van der Waals surface area contributed by atoms with E-state index in [0.29, 0.717) is 22.5 Å². The molecule has 0 aliphatic heterocycles. The van der Waals surface area contributed by atoms with Crippen molar-refractivity contribution >= 4 is 22.5 Å². The minimum Gasteiger partial charge on any atom is -0.463 e. The highest BCUT2D eigenvalue weighted by molar-refractivity contribution is 5.83. The monoisotopic (exact) mass is 368 g/mol. The van der Waals surface area contributed by atoms with E-state index >= 15 is 0 Å². The van der Waals surface area contributed by atoms with Gasteiger partial charge >= 0.3 is 0 Å². The predicted molar refractivity (Wildman–Crippen MR) is 96.9 cm³/mol. The highest BCUT2D eigenvalue weighted by atomic mass is 19.1. The van der Waals surface area contributed by atoms with Gasteiger partial charge in [-0.3, -0.25) is 14.0 Å². The van der Waals surface area contributed by atoms with E-state index < -0.39 is 6.04 Å². The van der Waals surface area contributed by atoms with Crippen LogP contribution in [0.25, 0.3) is 16.6 Å². The molecule has 0 fully saturated rings. The number of fused-ring (bicyclic) bond motifs is 3. The van der Waals surface area contributed by atoms with Gasteiger partial charge in [0.05, 0.1) is 11.8 Å². The third-order valence-corrected chi connectivity index (χ3v) is 4.53. The van der Waals surface area contributed by atoms with Crippen LogP contribution in [-0.4, -0.2) is 20.1 Å². The minimum atomic E-state index is -0.823. The van der Waals surface area contributed by atoms with Crippen LogP contribution >= 0.6 is 0 Å². The molecule has 0 radical (unpaired) electrons. The van der Waals surface area contributed by atoms with Crippen LogP contribution in [0, 0.1) is 12.7 Å². The topological polar surface area (TPSA) is 81.5 Å². The zero-order valence-electron chi connectivity index (χ0n) is 14.8. The Morgan fingerprint density at radius 3 is 2.89 bits per heavy atom. The van der Waals surface area contributed by atoms with E-state index in [0.717, 1.165) is 10.2 Å². The van der Waals surface area contributed by atoms with Crippen LogP contribution in [0.2, 0.25) is 0 Å². The van der Waals surface area contributed by atoms with E-state index in [9.17, 15) is 14.0 Å². The average molecular weight is 368 g/mol. The number of nitrogens with one attached hydrogen (secondary N) is 1. The second-order valence-electron chi connectivity index (χ2n) is 6.36. The summed E-state index contributed by atoms with van der Waals surface area (Å²) in [4.78, 5) is 25.3. The predicted octanol–water partition coefficient (Wildman–Crippen LogP) is 2.57. The van der Waals surface area contributed by atoms with Crippen LogP contribution in [0.1, 0.15) is 24.4 Å². The molecule has 0 unspecified atom stereocenters. The molecule has 1 amide bonds. The van der Waals surface area contributed by atoms with Gasteiger partial charge in [-0.05, 0) is 31.5 Å². The summed E-state index contributed by atoms with van der Waals surface area (Å²) < 4.78 is 21.5. The molecule has 0 aliphatic carbocycles. The summed E-state index contributed by atoms with van der Waals surface area (Å²) in [6.45, 7) is 3.51. The Hall–Kier alpha value is -3.42. The van der Waals surface area contributed by atoms with Crippen LogP contribution in [0.15, 0.2) is 51.9 Å². The smallest absolute Gasteiger partial charge is 0.291 e. The van der Waals surface area contributed by atoms with Crippen LogP contribution in [-0.2, 0) is 11.3 Å². The summed E-state index contributed by atoms with van der Waals surface area (Å²) in [7, 11) is 0. The van der Waals surface area contributed by atoms with Gasteiger partial charge in [0.25, 0.3) is 5.56 Å². The third-order valence-electron chi connectivity index (χ3n) is 4.53. The van der Waals surface area contributed by atoms with Crippen LogP contribution in [0.4, 0.5) is 4.39 Å². The van der Waals surface area contributed by atoms with Crippen molar-refractivity contribution in [2.24, 2.45) is 0 Å². The Labute approximate surface area is 153 Å². The Kier molecular flexibility index (Phi) is 4.02. The molecule has 138 valence electrons. The molecule has 4 rings (SSSR count). The first kappa shape index (κ1) is 17.0. The third kappa shape index (κ3) is 2.88. The summed E-state index contributed by atoms with van der Waals surface area (Å²) in [5, 5.41) is 7.01. The quantitative estimate of drug-likeness (QED) is 0.600. The van der Waals surface area contributed by atoms with Crippen molar-refractivity contribution in [3.63, 3.8) is 0 Å². The zero-order valence-corrected chi connectivity index (χ0v) is 14.8. The second kappa shape index (κ2) is 6.39. The second-order valence-corrected chi connectivity index (χ2v) is 6.36. The van der Waals surface area contributed by atoms with Gasteiger partial charge in [-0.25, -0.2) is 9.07 Å². The van der Waals surface area contributed by atoms with Crippen molar-refractivity contribution in [2.75, 3.05) is 0 Å². The average Bonchev–Trinajstić information content (AvgIpc) is 3.23.